The summed E-state index contributed by atoms with van der Waals surface area (Å²) in [5, 5.41) is 4.32. The third-order valence-electron chi connectivity index (χ3n) is 5.21. The van der Waals surface area contributed by atoms with Gasteiger partial charge in [-0.3, -0.25) is 9.36 Å². The van der Waals surface area contributed by atoms with Gasteiger partial charge in [0.1, 0.15) is 0 Å². The van der Waals surface area contributed by atoms with Crippen molar-refractivity contribution in [1.82, 2.24) is 19.7 Å². The van der Waals surface area contributed by atoms with E-state index >= 15 is 0 Å². The van der Waals surface area contributed by atoms with Crippen molar-refractivity contribution in [1.29, 1.82) is 0 Å². The van der Waals surface area contributed by atoms with E-state index in [9.17, 15) is 9.59 Å². The highest BCUT2D eigenvalue weighted by Crippen LogP contribution is 2.34. The van der Waals surface area contributed by atoms with Crippen LogP contribution in [-0.2, 0) is 13.0 Å². The summed E-state index contributed by atoms with van der Waals surface area (Å²) < 4.78 is 27.9. The van der Waals surface area contributed by atoms with Gasteiger partial charge in [-0.2, -0.15) is 4.98 Å². The van der Waals surface area contributed by atoms with Gasteiger partial charge in [0, 0.05) is 24.6 Å². The Balaban J connectivity index is 1.38. The maximum absolute atomic E-state index is 12.9. The number of hydrogen-bond donors (Lipinski definition) is 1. The molecule has 3 heterocycles. The first-order chi connectivity index (χ1) is 16.1. The van der Waals surface area contributed by atoms with E-state index < -0.39 is 11.2 Å². The third kappa shape index (κ3) is 3.77. The number of aromatic amines is 1. The van der Waals surface area contributed by atoms with Crippen molar-refractivity contribution >= 4 is 10.9 Å². The zero-order valence-corrected chi connectivity index (χ0v) is 17.9. The highest BCUT2D eigenvalue weighted by atomic mass is 16.7. The van der Waals surface area contributed by atoms with Crippen molar-refractivity contribution in [2.45, 2.75) is 19.9 Å². The maximum Gasteiger partial charge on any atom is 0.328 e. The first-order valence-corrected chi connectivity index (χ1v) is 10.3. The second kappa shape index (κ2) is 8.34. The second-order valence-electron chi connectivity index (χ2n) is 7.20. The summed E-state index contributed by atoms with van der Waals surface area (Å²) in [6.45, 7) is 2.54. The number of H-pyrrole nitrogens is 1. The normalized spacial score (nSPS) is 12.3. The molecule has 0 amide bonds. The number of rotatable bonds is 7. The van der Waals surface area contributed by atoms with Gasteiger partial charge in [-0.25, -0.2) is 4.79 Å². The summed E-state index contributed by atoms with van der Waals surface area (Å²) in [6, 6.07) is 8.47. The summed E-state index contributed by atoms with van der Waals surface area (Å²) in [5.74, 6) is 2.76. The average Bonchev–Trinajstić information content (AvgIpc) is 3.47. The van der Waals surface area contributed by atoms with Crippen LogP contribution in [0, 0.1) is 0 Å². The third-order valence-corrected chi connectivity index (χ3v) is 5.21. The van der Waals surface area contributed by atoms with Crippen LogP contribution in [0.15, 0.2) is 44.4 Å². The van der Waals surface area contributed by atoms with E-state index in [1.165, 1.54) is 0 Å². The van der Waals surface area contributed by atoms with Crippen LogP contribution in [0.4, 0.5) is 0 Å². The molecule has 0 bridgehead atoms. The van der Waals surface area contributed by atoms with E-state index in [4.69, 9.17) is 23.5 Å². The second-order valence-corrected chi connectivity index (χ2v) is 7.20. The Bertz CT molecular complexity index is 1450. The Kier molecular flexibility index (Phi) is 5.21. The number of nitrogens with one attached hydrogen (secondary N) is 1. The highest BCUT2D eigenvalue weighted by molar-refractivity contribution is 5.81. The molecule has 4 aromatic rings. The Morgan fingerprint density at radius 2 is 1.94 bits per heavy atom. The largest absolute Gasteiger partial charge is 0.493 e. The summed E-state index contributed by atoms with van der Waals surface area (Å²) in [6.07, 6.45) is 0.195. The van der Waals surface area contributed by atoms with Gasteiger partial charge < -0.3 is 28.5 Å². The van der Waals surface area contributed by atoms with E-state index in [2.05, 4.69) is 15.1 Å². The SMILES string of the molecule is CCOc1ccc(-c2noc(CCn3c(=O)[nH]c4cc5c(cc4c3=O)OCO5)n2)cc1OC. The van der Waals surface area contributed by atoms with E-state index in [-0.39, 0.29) is 25.6 Å². The van der Waals surface area contributed by atoms with Crippen LogP contribution in [0.2, 0.25) is 0 Å². The number of fused-ring (bicyclic) bond motifs is 2. The first kappa shape index (κ1) is 20.6. The van der Waals surface area contributed by atoms with Crippen molar-refractivity contribution in [3.05, 3.63) is 57.1 Å². The van der Waals surface area contributed by atoms with Crippen LogP contribution in [0.25, 0.3) is 22.3 Å². The number of methoxy groups -OCH3 is 1. The molecule has 1 aliphatic rings. The molecular weight excluding hydrogens is 432 g/mol. The van der Waals surface area contributed by atoms with E-state index in [0.717, 1.165) is 4.57 Å². The lowest BCUT2D eigenvalue weighted by Crippen LogP contribution is -2.35. The van der Waals surface area contributed by atoms with Crippen molar-refractivity contribution in [3.63, 3.8) is 0 Å². The van der Waals surface area contributed by atoms with Crippen LogP contribution in [0.1, 0.15) is 12.8 Å². The number of nitrogens with zero attached hydrogens (tertiary/aromatic N) is 3. The number of hydrogen-bond acceptors (Lipinski definition) is 9. The molecule has 2 aromatic carbocycles. The zero-order valence-electron chi connectivity index (χ0n) is 17.9. The molecule has 170 valence electrons. The number of aryl methyl sites for hydroxylation is 1. The predicted molar refractivity (Wildman–Crippen MR) is 116 cm³/mol. The van der Waals surface area contributed by atoms with Crippen LogP contribution in [-0.4, -0.2) is 40.2 Å². The quantitative estimate of drug-likeness (QED) is 0.448. The fraction of sp³-hybridized carbons (Fsp3) is 0.273. The molecule has 0 saturated heterocycles. The Morgan fingerprint density at radius 3 is 2.73 bits per heavy atom. The van der Waals surface area contributed by atoms with Gasteiger partial charge in [0.15, 0.2) is 23.0 Å². The van der Waals surface area contributed by atoms with Crippen molar-refractivity contribution in [2.75, 3.05) is 20.5 Å². The van der Waals surface area contributed by atoms with Crippen molar-refractivity contribution in [3.8, 4) is 34.4 Å². The lowest BCUT2D eigenvalue weighted by Gasteiger charge is -2.09. The average molecular weight is 452 g/mol. The Hall–Kier alpha value is -4.28. The van der Waals surface area contributed by atoms with Gasteiger partial charge in [0.25, 0.3) is 5.56 Å². The molecule has 0 spiro atoms. The monoisotopic (exact) mass is 452 g/mol. The van der Waals surface area contributed by atoms with Gasteiger partial charge in [-0.15, -0.1) is 0 Å². The fourth-order valence-electron chi connectivity index (χ4n) is 3.61. The summed E-state index contributed by atoms with van der Waals surface area (Å²) in [5.41, 5.74) is 0.0857. The molecule has 0 atom stereocenters. The minimum atomic E-state index is -0.539. The van der Waals surface area contributed by atoms with Crippen LogP contribution in [0.3, 0.4) is 0 Å². The summed E-state index contributed by atoms with van der Waals surface area (Å²) in [7, 11) is 1.55. The maximum atomic E-state index is 12.9. The Labute approximate surface area is 186 Å². The number of ether oxygens (including phenoxy) is 4. The fourth-order valence-corrected chi connectivity index (χ4v) is 3.61. The number of benzene rings is 2. The topological polar surface area (TPSA) is 131 Å². The minimum absolute atomic E-state index is 0.0623. The predicted octanol–water partition coefficient (Wildman–Crippen LogP) is 2.12. The molecule has 0 saturated carbocycles. The summed E-state index contributed by atoms with van der Waals surface area (Å²) in [4.78, 5) is 32.5. The lowest BCUT2D eigenvalue weighted by molar-refractivity contribution is 0.174. The zero-order chi connectivity index (χ0) is 22.9. The van der Waals surface area contributed by atoms with Crippen molar-refractivity contribution in [2.24, 2.45) is 0 Å². The minimum Gasteiger partial charge on any atom is -0.493 e. The highest BCUT2D eigenvalue weighted by Gasteiger charge is 2.18. The summed E-state index contributed by atoms with van der Waals surface area (Å²) >= 11 is 0. The molecule has 11 heteroatoms. The van der Waals surface area contributed by atoms with Gasteiger partial charge in [-0.05, 0) is 31.2 Å². The molecule has 0 aliphatic carbocycles. The molecule has 5 rings (SSSR count). The molecule has 0 fully saturated rings. The number of aromatic nitrogens is 4. The lowest BCUT2D eigenvalue weighted by atomic mass is 10.2. The molecule has 1 N–H and O–H groups in total. The molecule has 11 nitrogen and oxygen atoms in total. The van der Waals surface area contributed by atoms with Crippen LogP contribution >= 0.6 is 0 Å². The van der Waals surface area contributed by atoms with Gasteiger partial charge >= 0.3 is 5.69 Å². The molecule has 33 heavy (non-hydrogen) atoms. The molecule has 2 aromatic heterocycles. The molecule has 1 aliphatic heterocycles. The first-order valence-electron chi connectivity index (χ1n) is 10.3. The standard InChI is InChI=1S/C22H20N4O7/c1-3-30-15-5-4-12(8-16(15)29-2)20-24-19(33-25-20)6-7-26-21(27)13-9-17-18(32-11-31-17)10-14(13)23-22(26)28/h4-5,8-10H,3,6-7,11H2,1-2H3,(H,23,28). The molecule has 0 unspecified atom stereocenters. The smallest absolute Gasteiger partial charge is 0.328 e. The van der Waals surface area contributed by atoms with Crippen molar-refractivity contribution < 1.29 is 23.5 Å². The Morgan fingerprint density at radius 1 is 1.12 bits per heavy atom. The van der Waals surface area contributed by atoms with Crippen LogP contribution < -0.4 is 30.2 Å². The van der Waals surface area contributed by atoms with Gasteiger partial charge in [0.05, 0.1) is 24.6 Å². The van der Waals surface area contributed by atoms with Gasteiger partial charge in [0.2, 0.25) is 18.5 Å². The molecular formula is C22H20N4O7. The molecule has 0 radical (unpaired) electrons. The van der Waals surface area contributed by atoms with E-state index in [1.54, 1.807) is 37.4 Å². The van der Waals surface area contributed by atoms with E-state index in [1.807, 2.05) is 6.92 Å². The van der Waals surface area contributed by atoms with Crippen LogP contribution in [0.5, 0.6) is 23.0 Å². The van der Waals surface area contributed by atoms with Gasteiger partial charge in [-0.1, -0.05) is 5.16 Å². The van der Waals surface area contributed by atoms with E-state index in [0.29, 0.717) is 51.9 Å².